The second kappa shape index (κ2) is 5.82. The number of hydrogen-bond donors (Lipinski definition) is 1. The zero-order chi connectivity index (χ0) is 12.1. The summed E-state index contributed by atoms with van der Waals surface area (Å²) in [5.74, 6) is 1.12. The maximum absolute atomic E-state index is 4.47. The Morgan fingerprint density at radius 2 is 2.18 bits per heavy atom. The van der Waals surface area contributed by atoms with Gasteiger partial charge in [0.1, 0.15) is 5.84 Å². The Balaban J connectivity index is 2.14. The van der Waals surface area contributed by atoms with Crippen LogP contribution in [0, 0.1) is 0 Å². The largest absolute Gasteiger partial charge is 0.354 e. The van der Waals surface area contributed by atoms with Gasteiger partial charge in [0.05, 0.1) is 0 Å². The van der Waals surface area contributed by atoms with E-state index in [-0.39, 0.29) is 0 Å². The average molecular weight is 231 g/mol. The van der Waals surface area contributed by atoms with Crippen molar-refractivity contribution in [2.24, 2.45) is 4.99 Å². The van der Waals surface area contributed by atoms with Crippen molar-refractivity contribution in [2.45, 2.75) is 19.4 Å². The second-order valence-electron chi connectivity index (χ2n) is 4.42. The molecule has 1 aromatic carbocycles. The monoisotopic (exact) mass is 231 g/mol. The van der Waals surface area contributed by atoms with Gasteiger partial charge in [0.2, 0.25) is 0 Å². The van der Waals surface area contributed by atoms with Crippen LogP contribution in [0.1, 0.15) is 18.9 Å². The number of benzene rings is 1. The summed E-state index contributed by atoms with van der Waals surface area (Å²) in [7, 11) is 1.88. The fraction of sp³-hybridized carbons (Fsp3) is 0.500. The topological polar surface area (TPSA) is 27.6 Å². The molecule has 1 fully saturated rings. The average Bonchev–Trinajstić information content (AvgIpc) is 2.41. The van der Waals surface area contributed by atoms with Gasteiger partial charge in [0.25, 0.3) is 0 Å². The first-order chi connectivity index (χ1) is 8.35. The summed E-state index contributed by atoms with van der Waals surface area (Å²) in [6.45, 7) is 5.37. The number of rotatable bonds is 2. The standard InChI is InChI=1S/C14H21N3/c1-3-13-11-17(10-9-16-13)14(15-2)12-7-5-4-6-8-12/h4-8,13,16H,3,9-11H2,1-2H3/b15-14+/t13-/m1/s1. The normalized spacial score (nSPS) is 21.6. The Bertz CT molecular complexity index is 372. The number of aliphatic imine (C=N–C) groups is 1. The third-order valence-corrected chi connectivity index (χ3v) is 3.29. The molecule has 92 valence electrons. The molecule has 0 radical (unpaired) electrons. The Morgan fingerprint density at radius 3 is 2.82 bits per heavy atom. The van der Waals surface area contributed by atoms with E-state index in [0.717, 1.165) is 25.5 Å². The summed E-state index contributed by atoms with van der Waals surface area (Å²) in [5.41, 5.74) is 1.21. The molecule has 2 rings (SSSR count). The lowest BCUT2D eigenvalue weighted by atomic mass is 10.1. The van der Waals surface area contributed by atoms with Crippen molar-refractivity contribution in [1.29, 1.82) is 0 Å². The molecule has 0 saturated carbocycles. The molecule has 1 N–H and O–H groups in total. The molecule has 1 aliphatic rings. The fourth-order valence-electron chi connectivity index (χ4n) is 2.33. The predicted molar refractivity (Wildman–Crippen MR) is 72.6 cm³/mol. The number of amidine groups is 1. The number of hydrogen-bond acceptors (Lipinski definition) is 2. The van der Waals surface area contributed by atoms with Gasteiger partial charge in [-0.3, -0.25) is 4.99 Å². The third kappa shape index (κ3) is 2.86. The van der Waals surface area contributed by atoms with Crippen LogP contribution in [0.5, 0.6) is 0 Å². The quantitative estimate of drug-likeness (QED) is 0.620. The highest BCUT2D eigenvalue weighted by Gasteiger charge is 2.20. The molecule has 3 heteroatoms. The van der Waals surface area contributed by atoms with Crippen LogP contribution in [0.15, 0.2) is 35.3 Å². The highest BCUT2D eigenvalue weighted by molar-refractivity contribution is 5.98. The van der Waals surface area contributed by atoms with Gasteiger partial charge in [-0.15, -0.1) is 0 Å². The Labute approximate surface area is 104 Å². The minimum absolute atomic E-state index is 0.587. The molecule has 0 amide bonds. The van der Waals surface area contributed by atoms with Gasteiger partial charge in [-0.05, 0) is 6.42 Å². The van der Waals surface area contributed by atoms with Crippen LogP contribution in [0.2, 0.25) is 0 Å². The van der Waals surface area contributed by atoms with Crippen LogP contribution in [0.4, 0.5) is 0 Å². The van der Waals surface area contributed by atoms with Gasteiger partial charge in [-0.1, -0.05) is 37.3 Å². The zero-order valence-electron chi connectivity index (χ0n) is 10.7. The molecule has 17 heavy (non-hydrogen) atoms. The summed E-state index contributed by atoms with van der Waals surface area (Å²) in [4.78, 5) is 6.85. The van der Waals surface area contributed by atoms with Crippen LogP contribution in [0.3, 0.4) is 0 Å². The fourth-order valence-corrected chi connectivity index (χ4v) is 2.33. The molecule has 1 aliphatic heterocycles. The zero-order valence-corrected chi connectivity index (χ0v) is 10.7. The van der Waals surface area contributed by atoms with Gasteiger partial charge >= 0.3 is 0 Å². The van der Waals surface area contributed by atoms with E-state index in [1.807, 2.05) is 13.1 Å². The SMILES string of the molecule is CC[C@@H]1CN(/C(=N/C)c2ccccc2)CCN1. The molecular formula is C14H21N3. The van der Waals surface area contributed by atoms with E-state index in [0.29, 0.717) is 6.04 Å². The molecule has 3 nitrogen and oxygen atoms in total. The summed E-state index contributed by atoms with van der Waals surface area (Å²) < 4.78 is 0. The van der Waals surface area contributed by atoms with Gasteiger partial charge in [0.15, 0.2) is 0 Å². The number of nitrogens with one attached hydrogen (secondary N) is 1. The van der Waals surface area contributed by atoms with Crippen molar-refractivity contribution < 1.29 is 0 Å². The molecule has 0 aliphatic carbocycles. The summed E-state index contributed by atoms with van der Waals surface area (Å²) in [6.07, 6.45) is 1.17. The minimum Gasteiger partial charge on any atom is -0.354 e. The number of piperazine rings is 1. The Morgan fingerprint density at radius 1 is 1.41 bits per heavy atom. The van der Waals surface area contributed by atoms with E-state index in [1.165, 1.54) is 12.0 Å². The first-order valence-corrected chi connectivity index (χ1v) is 6.35. The van der Waals surface area contributed by atoms with Crippen LogP contribution >= 0.6 is 0 Å². The van der Waals surface area contributed by atoms with Crippen LogP contribution in [0.25, 0.3) is 0 Å². The summed E-state index contributed by atoms with van der Waals surface area (Å²) >= 11 is 0. The van der Waals surface area contributed by atoms with E-state index in [2.05, 4.69) is 46.4 Å². The van der Waals surface area contributed by atoms with Crippen LogP contribution in [-0.2, 0) is 0 Å². The van der Waals surface area contributed by atoms with Gasteiger partial charge < -0.3 is 10.2 Å². The first kappa shape index (κ1) is 12.1. The molecule has 0 aromatic heterocycles. The van der Waals surface area contributed by atoms with Crippen molar-refractivity contribution in [2.75, 3.05) is 26.7 Å². The molecule has 0 spiro atoms. The van der Waals surface area contributed by atoms with Crippen molar-refractivity contribution in [3.8, 4) is 0 Å². The third-order valence-electron chi connectivity index (χ3n) is 3.29. The molecule has 1 atom stereocenters. The Kier molecular flexibility index (Phi) is 4.15. The van der Waals surface area contributed by atoms with Gasteiger partial charge in [0, 0.05) is 38.3 Å². The minimum atomic E-state index is 0.587. The van der Waals surface area contributed by atoms with E-state index in [1.54, 1.807) is 0 Å². The van der Waals surface area contributed by atoms with Crippen molar-refractivity contribution in [3.05, 3.63) is 35.9 Å². The lowest BCUT2D eigenvalue weighted by molar-refractivity contribution is 0.286. The molecule has 0 bridgehead atoms. The highest BCUT2D eigenvalue weighted by atomic mass is 15.2. The maximum Gasteiger partial charge on any atom is 0.130 e. The lowest BCUT2D eigenvalue weighted by Gasteiger charge is -2.35. The maximum atomic E-state index is 4.47. The van der Waals surface area contributed by atoms with Gasteiger partial charge in [-0.2, -0.15) is 0 Å². The molecule has 1 aromatic rings. The van der Waals surface area contributed by atoms with Gasteiger partial charge in [-0.25, -0.2) is 0 Å². The molecule has 0 unspecified atom stereocenters. The van der Waals surface area contributed by atoms with Crippen molar-refractivity contribution in [1.82, 2.24) is 10.2 Å². The highest BCUT2D eigenvalue weighted by Crippen LogP contribution is 2.10. The molecule has 1 saturated heterocycles. The molecular weight excluding hydrogens is 210 g/mol. The smallest absolute Gasteiger partial charge is 0.130 e. The number of nitrogens with zero attached hydrogens (tertiary/aromatic N) is 2. The van der Waals surface area contributed by atoms with Crippen molar-refractivity contribution in [3.63, 3.8) is 0 Å². The van der Waals surface area contributed by atoms with Crippen molar-refractivity contribution >= 4 is 5.84 Å². The molecule has 1 heterocycles. The van der Waals surface area contributed by atoms with Crippen LogP contribution in [-0.4, -0.2) is 43.5 Å². The van der Waals surface area contributed by atoms with E-state index >= 15 is 0 Å². The summed E-state index contributed by atoms with van der Waals surface area (Å²) in [6, 6.07) is 11.0. The van der Waals surface area contributed by atoms with Crippen LogP contribution < -0.4 is 5.32 Å². The van der Waals surface area contributed by atoms with E-state index in [9.17, 15) is 0 Å². The lowest BCUT2D eigenvalue weighted by Crippen LogP contribution is -2.52. The predicted octanol–water partition coefficient (Wildman–Crippen LogP) is 1.75. The summed E-state index contributed by atoms with van der Waals surface area (Å²) in [5, 5.41) is 3.53. The van der Waals surface area contributed by atoms with E-state index < -0.39 is 0 Å². The Hall–Kier alpha value is -1.35. The van der Waals surface area contributed by atoms with E-state index in [4.69, 9.17) is 0 Å². The first-order valence-electron chi connectivity index (χ1n) is 6.35. The second-order valence-corrected chi connectivity index (χ2v) is 4.42.